The minimum absolute atomic E-state index is 0.134. The van der Waals surface area contributed by atoms with E-state index < -0.39 is 12.6 Å². The highest BCUT2D eigenvalue weighted by Crippen LogP contribution is 2.20. The molecule has 6 nitrogen and oxygen atoms in total. The van der Waals surface area contributed by atoms with Crippen molar-refractivity contribution in [2.45, 2.75) is 20.8 Å². The third kappa shape index (κ3) is 3.37. The van der Waals surface area contributed by atoms with E-state index in [0.29, 0.717) is 28.1 Å². The monoisotopic (exact) mass is 329 g/mol. The number of nitrogens with one attached hydrogen (secondary N) is 1. The number of hydrogen-bond donors (Lipinski definition) is 1. The zero-order valence-corrected chi connectivity index (χ0v) is 14.1. The predicted octanol–water partition coefficient (Wildman–Crippen LogP) is 2.88. The van der Waals surface area contributed by atoms with E-state index in [1.165, 1.54) is 14.0 Å². The first-order valence-corrected chi connectivity index (χ1v) is 7.40. The highest BCUT2D eigenvalue weighted by Gasteiger charge is 2.22. The van der Waals surface area contributed by atoms with Gasteiger partial charge in [-0.15, -0.1) is 0 Å². The number of benzene rings is 1. The molecule has 0 aliphatic carbocycles. The van der Waals surface area contributed by atoms with Crippen molar-refractivity contribution in [3.8, 4) is 5.75 Å². The number of ether oxygens (including phenoxy) is 2. The molecule has 0 aliphatic heterocycles. The summed E-state index contributed by atoms with van der Waals surface area (Å²) in [7, 11) is 1.46. The molecule has 0 atom stereocenters. The normalized spacial score (nSPS) is 10.3. The molecule has 2 aromatic rings. The molecule has 0 spiro atoms. The standard InChI is InChI=1S/C18H19NO5/c1-10-16(12(3)20)11(2)19-17(10)18(22)24-9-14(21)13-7-5-6-8-15(13)23-4/h5-8,19H,9H2,1-4H3. The fourth-order valence-corrected chi connectivity index (χ4v) is 2.64. The number of carbonyl (C=O) groups is 3. The number of hydrogen-bond acceptors (Lipinski definition) is 5. The van der Waals surface area contributed by atoms with Crippen LogP contribution in [-0.2, 0) is 4.74 Å². The number of para-hydroxylation sites is 1. The van der Waals surface area contributed by atoms with Crippen molar-refractivity contribution in [3.63, 3.8) is 0 Å². The fraction of sp³-hybridized carbons (Fsp3) is 0.278. The van der Waals surface area contributed by atoms with Crippen LogP contribution in [0.2, 0.25) is 0 Å². The third-order valence-electron chi connectivity index (χ3n) is 3.74. The van der Waals surface area contributed by atoms with Crippen molar-refractivity contribution in [3.05, 3.63) is 52.3 Å². The average molecular weight is 329 g/mol. The maximum Gasteiger partial charge on any atom is 0.355 e. The molecule has 0 fully saturated rings. The van der Waals surface area contributed by atoms with Crippen molar-refractivity contribution in [2.75, 3.05) is 13.7 Å². The summed E-state index contributed by atoms with van der Waals surface area (Å²) in [4.78, 5) is 38.9. The summed E-state index contributed by atoms with van der Waals surface area (Å²) >= 11 is 0. The SMILES string of the molecule is COc1ccccc1C(=O)COC(=O)c1[nH]c(C)c(C(C)=O)c1C. The topological polar surface area (TPSA) is 85.5 Å². The van der Waals surface area contributed by atoms with E-state index in [1.54, 1.807) is 38.1 Å². The Kier molecular flexibility index (Phi) is 5.18. The Labute approximate surface area is 139 Å². The summed E-state index contributed by atoms with van der Waals surface area (Å²) in [5, 5.41) is 0. The van der Waals surface area contributed by atoms with Gasteiger partial charge in [-0.1, -0.05) is 12.1 Å². The number of aromatic amines is 1. The first-order valence-electron chi connectivity index (χ1n) is 7.40. The first kappa shape index (κ1) is 17.5. The van der Waals surface area contributed by atoms with Crippen molar-refractivity contribution >= 4 is 17.5 Å². The van der Waals surface area contributed by atoms with Gasteiger partial charge in [-0.3, -0.25) is 9.59 Å². The minimum Gasteiger partial charge on any atom is -0.496 e. The van der Waals surface area contributed by atoms with Crippen LogP contribution in [0, 0.1) is 13.8 Å². The summed E-state index contributed by atoms with van der Waals surface area (Å²) in [6, 6.07) is 6.71. The van der Waals surface area contributed by atoms with Gasteiger partial charge < -0.3 is 14.5 Å². The van der Waals surface area contributed by atoms with Gasteiger partial charge >= 0.3 is 5.97 Å². The van der Waals surface area contributed by atoms with Crippen molar-refractivity contribution in [1.82, 2.24) is 4.98 Å². The quantitative estimate of drug-likeness (QED) is 0.650. The van der Waals surface area contributed by atoms with Crippen LogP contribution in [0.25, 0.3) is 0 Å². The lowest BCUT2D eigenvalue weighted by atomic mass is 10.1. The second-order valence-corrected chi connectivity index (χ2v) is 5.38. The number of Topliss-reactive ketones (excluding diaryl/α,β-unsaturated/α-hetero) is 2. The number of rotatable bonds is 6. The third-order valence-corrected chi connectivity index (χ3v) is 3.74. The number of aryl methyl sites for hydroxylation is 1. The zero-order valence-electron chi connectivity index (χ0n) is 14.1. The van der Waals surface area contributed by atoms with Gasteiger partial charge in [0.1, 0.15) is 11.4 Å². The molecule has 0 amide bonds. The second-order valence-electron chi connectivity index (χ2n) is 5.38. The Morgan fingerprint density at radius 3 is 2.38 bits per heavy atom. The van der Waals surface area contributed by atoms with Gasteiger partial charge in [-0.2, -0.15) is 0 Å². The van der Waals surface area contributed by atoms with Gasteiger partial charge in [0.15, 0.2) is 12.4 Å². The van der Waals surface area contributed by atoms with Crippen molar-refractivity contribution < 1.29 is 23.9 Å². The molecule has 6 heteroatoms. The van der Waals surface area contributed by atoms with Crippen LogP contribution in [0.4, 0.5) is 0 Å². The number of methoxy groups -OCH3 is 1. The summed E-state index contributed by atoms with van der Waals surface area (Å²) in [6.07, 6.45) is 0. The lowest BCUT2D eigenvalue weighted by Crippen LogP contribution is -2.16. The molecule has 2 rings (SSSR count). The largest absolute Gasteiger partial charge is 0.496 e. The molecule has 126 valence electrons. The number of esters is 1. The van der Waals surface area contributed by atoms with Crippen molar-refractivity contribution in [1.29, 1.82) is 0 Å². The summed E-state index contributed by atoms with van der Waals surface area (Å²) in [5.41, 5.74) is 2.12. The fourth-order valence-electron chi connectivity index (χ4n) is 2.64. The van der Waals surface area contributed by atoms with E-state index in [1.807, 2.05) is 0 Å². The molecular formula is C18H19NO5. The van der Waals surface area contributed by atoms with Crippen LogP contribution >= 0.6 is 0 Å². The van der Waals surface area contributed by atoms with Crippen LogP contribution in [-0.4, -0.2) is 36.2 Å². The van der Waals surface area contributed by atoms with E-state index in [9.17, 15) is 14.4 Å². The van der Waals surface area contributed by atoms with Gasteiger partial charge in [0.05, 0.1) is 12.7 Å². The molecule has 0 aliphatic rings. The molecule has 0 saturated carbocycles. The zero-order chi connectivity index (χ0) is 17.9. The van der Waals surface area contributed by atoms with Gasteiger partial charge in [-0.05, 0) is 38.5 Å². The Morgan fingerprint density at radius 2 is 1.79 bits per heavy atom. The van der Waals surface area contributed by atoms with Crippen LogP contribution in [0.3, 0.4) is 0 Å². The highest BCUT2D eigenvalue weighted by atomic mass is 16.5. The Balaban J connectivity index is 2.13. The summed E-state index contributed by atoms with van der Waals surface area (Å²) in [6.45, 7) is 4.40. The maximum absolute atomic E-state index is 12.2. The molecule has 1 aromatic heterocycles. The Morgan fingerprint density at radius 1 is 1.12 bits per heavy atom. The van der Waals surface area contributed by atoms with Gasteiger partial charge in [0.2, 0.25) is 5.78 Å². The molecule has 1 aromatic carbocycles. The van der Waals surface area contributed by atoms with Crippen LogP contribution in [0.1, 0.15) is 49.4 Å². The molecule has 24 heavy (non-hydrogen) atoms. The number of H-pyrrole nitrogens is 1. The van der Waals surface area contributed by atoms with E-state index in [4.69, 9.17) is 9.47 Å². The van der Waals surface area contributed by atoms with E-state index >= 15 is 0 Å². The molecule has 0 radical (unpaired) electrons. The number of ketones is 2. The summed E-state index contributed by atoms with van der Waals surface area (Å²) < 4.78 is 10.2. The molecular weight excluding hydrogens is 310 g/mol. The van der Waals surface area contributed by atoms with E-state index in [-0.39, 0.29) is 17.3 Å². The first-order chi connectivity index (χ1) is 11.4. The minimum atomic E-state index is -0.675. The van der Waals surface area contributed by atoms with Crippen LogP contribution < -0.4 is 4.74 Å². The summed E-state index contributed by atoms with van der Waals surface area (Å²) in [5.74, 6) is -0.755. The smallest absolute Gasteiger partial charge is 0.355 e. The van der Waals surface area contributed by atoms with Crippen molar-refractivity contribution in [2.24, 2.45) is 0 Å². The molecule has 0 bridgehead atoms. The van der Waals surface area contributed by atoms with Gasteiger partial charge in [0, 0.05) is 11.3 Å². The molecule has 0 saturated heterocycles. The lowest BCUT2D eigenvalue weighted by Gasteiger charge is -2.08. The molecule has 0 unspecified atom stereocenters. The number of carbonyl (C=O) groups excluding carboxylic acids is 3. The average Bonchev–Trinajstić information content (AvgIpc) is 2.86. The van der Waals surface area contributed by atoms with Crippen LogP contribution in [0.5, 0.6) is 5.75 Å². The second kappa shape index (κ2) is 7.12. The highest BCUT2D eigenvalue weighted by molar-refractivity contribution is 6.03. The number of aromatic nitrogens is 1. The van der Waals surface area contributed by atoms with Crippen LogP contribution in [0.15, 0.2) is 24.3 Å². The molecule has 1 heterocycles. The molecule has 1 N–H and O–H groups in total. The lowest BCUT2D eigenvalue weighted by molar-refractivity contribution is 0.0468. The Hall–Kier alpha value is -2.89. The van der Waals surface area contributed by atoms with E-state index in [0.717, 1.165) is 0 Å². The van der Waals surface area contributed by atoms with Gasteiger partial charge in [-0.25, -0.2) is 4.79 Å². The Bertz CT molecular complexity index is 804. The van der Waals surface area contributed by atoms with E-state index in [2.05, 4.69) is 4.98 Å². The predicted molar refractivity (Wildman–Crippen MR) is 87.9 cm³/mol. The van der Waals surface area contributed by atoms with Gasteiger partial charge in [0.25, 0.3) is 0 Å². The maximum atomic E-state index is 12.2.